The van der Waals surface area contributed by atoms with Gasteiger partial charge in [-0.2, -0.15) is 0 Å². The van der Waals surface area contributed by atoms with Crippen LogP contribution in [0.4, 0.5) is 0 Å². The molecule has 0 spiro atoms. The van der Waals surface area contributed by atoms with Gasteiger partial charge in [0.15, 0.2) is 0 Å². The van der Waals surface area contributed by atoms with E-state index in [-0.39, 0.29) is 0 Å². The summed E-state index contributed by atoms with van der Waals surface area (Å²) < 4.78 is 11.2. The second kappa shape index (κ2) is 8.06. The van der Waals surface area contributed by atoms with Crippen LogP contribution >= 0.6 is 0 Å². The van der Waals surface area contributed by atoms with Crippen molar-refractivity contribution in [2.75, 3.05) is 6.61 Å². The molecule has 1 aromatic heterocycles. The number of aliphatic hydroxyl groups excluding tert-OH is 4. The van der Waals surface area contributed by atoms with Crippen LogP contribution in [0.3, 0.4) is 0 Å². The number of rotatable bonds is 4. The summed E-state index contributed by atoms with van der Waals surface area (Å²) in [5.41, 5.74) is 2.87. The topological polar surface area (TPSA) is 112 Å². The zero-order chi connectivity index (χ0) is 20.5. The minimum Gasteiger partial charge on any atom is -0.462 e. The van der Waals surface area contributed by atoms with Crippen molar-refractivity contribution in [3.8, 4) is 16.9 Å². The fourth-order valence-electron chi connectivity index (χ4n) is 3.61. The van der Waals surface area contributed by atoms with Crippen molar-refractivity contribution < 1.29 is 29.9 Å². The molecule has 152 valence electrons. The number of benzene rings is 2. The third-order valence-corrected chi connectivity index (χ3v) is 5.26. The number of ether oxygens (including phenoxy) is 2. The van der Waals surface area contributed by atoms with E-state index in [0.29, 0.717) is 5.75 Å². The highest BCUT2D eigenvalue weighted by Gasteiger charge is 2.44. The van der Waals surface area contributed by atoms with E-state index >= 15 is 0 Å². The van der Waals surface area contributed by atoms with Gasteiger partial charge in [-0.3, -0.25) is 4.98 Å². The molecule has 1 aliphatic heterocycles. The average Bonchev–Trinajstić information content (AvgIpc) is 2.75. The number of pyridine rings is 1. The summed E-state index contributed by atoms with van der Waals surface area (Å²) in [6, 6.07) is 13.6. The minimum atomic E-state index is -1.48. The van der Waals surface area contributed by atoms with Gasteiger partial charge in [-0.1, -0.05) is 24.3 Å². The normalized spacial score (nSPS) is 27.1. The molecule has 0 radical (unpaired) electrons. The third-order valence-electron chi connectivity index (χ3n) is 5.26. The number of aryl methyl sites for hydroxylation is 1. The molecule has 0 saturated carbocycles. The summed E-state index contributed by atoms with van der Waals surface area (Å²) >= 11 is 0. The summed E-state index contributed by atoms with van der Waals surface area (Å²) in [5.74, 6) is 0.472. The van der Waals surface area contributed by atoms with Crippen LogP contribution in [-0.4, -0.2) is 62.7 Å². The summed E-state index contributed by atoms with van der Waals surface area (Å²) in [4.78, 5) is 4.16. The fraction of sp³-hybridized carbons (Fsp3) is 0.318. The Bertz CT molecular complexity index is 1000. The highest BCUT2D eigenvalue weighted by molar-refractivity contribution is 5.96. The van der Waals surface area contributed by atoms with Crippen LogP contribution in [0.15, 0.2) is 54.9 Å². The van der Waals surface area contributed by atoms with Gasteiger partial charge in [-0.05, 0) is 47.2 Å². The molecule has 7 nitrogen and oxygen atoms in total. The number of nitrogens with zero attached hydrogens (tertiary/aromatic N) is 1. The van der Waals surface area contributed by atoms with Gasteiger partial charge in [-0.15, -0.1) is 0 Å². The SMILES string of the molecule is Cc1cc(-c2cccc3cnccc23)ccc1OC1OC(CO)C(O)C(O)C1O. The Labute approximate surface area is 167 Å². The monoisotopic (exact) mass is 397 g/mol. The van der Waals surface area contributed by atoms with Crippen molar-refractivity contribution in [2.45, 2.75) is 37.6 Å². The molecule has 2 heterocycles. The highest BCUT2D eigenvalue weighted by Crippen LogP contribution is 2.32. The molecule has 7 heteroatoms. The molecular weight excluding hydrogens is 374 g/mol. The number of fused-ring (bicyclic) bond motifs is 1. The van der Waals surface area contributed by atoms with E-state index in [1.54, 1.807) is 12.3 Å². The fourth-order valence-corrected chi connectivity index (χ4v) is 3.61. The van der Waals surface area contributed by atoms with Crippen molar-refractivity contribution in [3.05, 3.63) is 60.4 Å². The Balaban J connectivity index is 1.61. The second-order valence-corrected chi connectivity index (χ2v) is 7.20. The molecule has 1 aliphatic rings. The van der Waals surface area contributed by atoms with Crippen molar-refractivity contribution in [3.63, 3.8) is 0 Å². The lowest BCUT2D eigenvalue weighted by atomic mass is 9.97. The Morgan fingerprint density at radius 2 is 1.86 bits per heavy atom. The Morgan fingerprint density at radius 1 is 1.03 bits per heavy atom. The van der Waals surface area contributed by atoms with E-state index in [4.69, 9.17) is 9.47 Å². The predicted molar refractivity (Wildman–Crippen MR) is 106 cm³/mol. The summed E-state index contributed by atoms with van der Waals surface area (Å²) in [7, 11) is 0. The first-order valence-corrected chi connectivity index (χ1v) is 9.40. The zero-order valence-corrected chi connectivity index (χ0v) is 15.8. The lowest BCUT2D eigenvalue weighted by molar-refractivity contribution is -0.277. The minimum absolute atomic E-state index is 0.472. The Hall–Kier alpha value is -2.55. The van der Waals surface area contributed by atoms with E-state index in [9.17, 15) is 20.4 Å². The molecule has 5 unspecified atom stereocenters. The maximum absolute atomic E-state index is 10.2. The van der Waals surface area contributed by atoms with Crippen molar-refractivity contribution in [1.29, 1.82) is 0 Å². The molecule has 5 atom stereocenters. The van der Waals surface area contributed by atoms with Crippen LogP contribution < -0.4 is 4.74 Å². The van der Waals surface area contributed by atoms with Gasteiger partial charge in [0, 0.05) is 17.8 Å². The van der Waals surface area contributed by atoms with Gasteiger partial charge in [0.25, 0.3) is 0 Å². The largest absolute Gasteiger partial charge is 0.462 e. The maximum atomic E-state index is 10.2. The van der Waals surface area contributed by atoms with Gasteiger partial charge in [0.2, 0.25) is 6.29 Å². The number of hydrogen-bond acceptors (Lipinski definition) is 7. The van der Waals surface area contributed by atoms with Gasteiger partial charge in [0.05, 0.1) is 6.61 Å². The predicted octanol–water partition coefficient (Wildman–Crippen LogP) is 1.39. The van der Waals surface area contributed by atoms with Crippen molar-refractivity contribution >= 4 is 10.8 Å². The van der Waals surface area contributed by atoms with Crippen molar-refractivity contribution in [1.82, 2.24) is 4.98 Å². The third kappa shape index (κ3) is 3.71. The summed E-state index contributed by atoms with van der Waals surface area (Å²) in [6.07, 6.45) is -2.98. The van der Waals surface area contributed by atoms with Crippen LogP contribution in [0, 0.1) is 6.92 Å². The molecule has 1 fully saturated rings. The van der Waals surface area contributed by atoms with Crippen LogP contribution in [0.2, 0.25) is 0 Å². The lowest BCUT2D eigenvalue weighted by Gasteiger charge is -2.39. The quantitative estimate of drug-likeness (QED) is 0.526. The molecule has 1 saturated heterocycles. The number of aromatic nitrogens is 1. The summed E-state index contributed by atoms with van der Waals surface area (Å²) in [5, 5.41) is 41.4. The molecule has 29 heavy (non-hydrogen) atoms. The molecule has 0 aliphatic carbocycles. The van der Waals surface area contributed by atoms with Gasteiger partial charge >= 0.3 is 0 Å². The standard InChI is InChI=1S/C22H23NO6/c1-12-9-13(15-4-2-3-14-10-23-8-7-16(14)15)5-6-17(12)28-22-21(27)20(26)19(25)18(11-24)29-22/h2-10,18-22,24-27H,11H2,1H3. The first-order valence-electron chi connectivity index (χ1n) is 9.40. The first kappa shape index (κ1) is 19.8. The van der Waals surface area contributed by atoms with E-state index < -0.39 is 37.3 Å². The molecule has 0 amide bonds. The van der Waals surface area contributed by atoms with E-state index in [2.05, 4.69) is 4.98 Å². The smallest absolute Gasteiger partial charge is 0.229 e. The molecule has 0 bridgehead atoms. The zero-order valence-electron chi connectivity index (χ0n) is 15.8. The van der Waals surface area contributed by atoms with E-state index in [1.807, 2.05) is 49.5 Å². The molecule has 3 aromatic rings. The molecule has 4 rings (SSSR count). The van der Waals surface area contributed by atoms with Crippen LogP contribution in [0.1, 0.15) is 5.56 Å². The van der Waals surface area contributed by atoms with Crippen LogP contribution in [0.5, 0.6) is 5.75 Å². The van der Waals surface area contributed by atoms with Gasteiger partial charge < -0.3 is 29.9 Å². The Kier molecular flexibility index (Phi) is 5.49. The maximum Gasteiger partial charge on any atom is 0.229 e. The molecular formula is C22H23NO6. The molecule has 4 N–H and O–H groups in total. The van der Waals surface area contributed by atoms with E-state index in [0.717, 1.165) is 27.5 Å². The van der Waals surface area contributed by atoms with Crippen LogP contribution in [-0.2, 0) is 4.74 Å². The first-order chi connectivity index (χ1) is 14.0. The van der Waals surface area contributed by atoms with Crippen LogP contribution in [0.25, 0.3) is 21.9 Å². The summed E-state index contributed by atoms with van der Waals surface area (Å²) in [6.45, 7) is 1.37. The molecule has 2 aromatic carbocycles. The second-order valence-electron chi connectivity index (χ2n) is 7.20. The number of hydrogen-bond donors (Lipinski definition) is 4. The lowest BCUT2D eigenvalue weighted by Crippen LogP contribution is -2.60. The average molecular weight is 397 g/mol. The van der Waals surface area contributed by atoms with E-state index in [1.165, 1.54) is 0 Å². The van der Waals surface area contributed by atoms with Gasteiger partial charge in [0.1, 0.15) is 30.2 Å². The van der Waals surface area contributed by atoms with Crippen molar-refractivity contribution in [2.24, 2.45) is 0 Å². The Morgan fingerprint density at radius 3 is 2.62 bits per heavy atom. The highest BCUT2D eigenvalue weighted by atomic mass is 16.7. The number of aliphatic hydroxyl groups is 4. The van der Waals surface area contributed by atoms with Gasteiger partial charge in [-0.25, -0.2) is 0 Å².